The Bertz CT molecular complexity index is 1030. The zero-order valence-electron chi connectivity index (χ0n) is 19.8. The zero-order valence-corrected chi connectivity index (χ0v) is 19.8. The molecule has 0 unspecified atom stereocenters. The van der Waals surface area contributed by atoms with Gasteiger partial charge in [-0.15, -0.1) is 0 Å². The average Bonchev–Trinajstić information content (AvgIpc) is 3.16. The van der Waals surface area contributed by atoms with E-state index in [0.29, 0.717) is 32.4 Å². The molecular formula is C27H32N2O5. The summed E-state index contributed by atoms with van der Waals surface area (Å²) in [5.74, 6) is -0.905. The minimum Gasteiger partial charge on any atom is -0.481 e. The standard InChI is InChI=1S/C27H32N2O5/c1-3-18(16-24(30)29-14-12-27(2,13-15-29)25(31)32)28-26(33)34-17-23-21-10-6-4-8-19(21)20-9-5-7-11-22(20)23/h4-11,18,23H,3,12-17H2,1-2H3,(H,28,33)(H,31,32)/t18-/m0/s1. The van der Waals surface area contributed by atoms with Gasteiger partial charge in [-0.25, -0.2) is 4.79 Å². The van der Waals surface area contributed by atoms with Crippen LogP contribution in [0.4, 0.5) is 4.79 Å². The number of nitrogens with zero attached hydrogens (tertiary/aromatic N) is 1. The molecule has 0 bridgehead atoms. The third-order valence-corrected chi connectivity index (χ3v) is 7.32. The first kappa shape index (κ1) is 23.8. The molecule has 1 aliphatic heterocycles. The van der Waals surface area contributed by atoms with E-state index < -0.39 is 17.5 Å². The van der Waals surface area contributed by atoms with E-state index in [-0.39, 0.29) is 30.9 Å². The maximum absolute atomic E-state index is 12.8. The van der Waals surface area contributed by atoms with Gasteiger partial charge in [0.25, 0.3) is 0 Å². The Morgan fingerprint density at radius 2 is 1.62 bits per heavy atom. The fourth-order valence-electron chi connectivity index (χ4n) is 4.91. The van der Waals surface area contributed by atoms with E-state index in [2.05, 4.69) is 29.6 Å². The molecular weight excluding hydrogens is 432 g/mol. The molecule has 1 fully saturated rings. The maximum atomic E-state index is 12.8. The lowest BCUT2D eigenvalue weighted by Gasteiger charge is -2.37. The molecule has 0 saturated carbocycles. The lowest BCUT2D eigenvalue weighted by Crippen LogP contribution is -2.47. The number of benzene rings is 2. The molecule has 2 N–H and O–H groups in total. The first-order chi connectivity index (χ1) is 16.3. The summed E-state index contributed by atoms with van der Waals surface area (Å²) in [5, 5.41) is 12.2. The molecule has 0 spiro atoms. The van der Waals surface area contributed by atoms with Gasteiger partial charge in [0.1, 0.15) is 6.61 Å². The Labute approximate surface area is 200 Å². The average molecular weight is 465 g/mol. The predicted molar refractivity (Wildman–Crippen MR) is 128 cm³/mol. The summed E-state index contributed by atoms with van der Waals surface area (Å²) in [6, 6.07) is 16.0. The first-order valence-corrected chi connectivity index (χ1v) is 11.9. The second-order valence-corrected chi connectivity index (χ2v) is 9.53. The van der Waals surface area contributed by atoms with Crippen molar-refractivity contribution < 1.29 is 24.2 Å². The summed E-state index contributed by atoms with van der Waals surface area (Å²) < 4.78 is 5.61. The molecule has 1 aliphatic carbocycles. The molecule has 1 heterocycles. The van der Waals surface area contributed by atoms with Crippen LogP contribution in [0.3, 0.4) is 0 Å². The van der Waals surface area contributed by atoms with Crippen molar-refractivity contribution in [2.75, 3.05) is 19.7 Å². The van der Waals surface area contributed by atoms with E-state index >= 15 is 0 Å². The lowest BCUT2D eigenvalue weighted by molar-refractivity contribution is -0.153. The van der Waals surface area contributed by atoms with E-state index in [1.54, 1.807) is 11.8 Å². The van der Waals surface area contributed by atoms with E-state index in [1.807, 2.05) is 31.2 Å². The fourth-order valence-corrected chi connectivity index (χ4v) is 4.91. The lowest BCUT2D eigenvalue weighted by atomic mass is 9.80. The summed E-state index contributed by atoms with van der Waals surface area (Å²) in [5.41, 5.74) is 3.86. The number of carbonyl (C=O) groups is 3. The van der Waals surface area contributed by atoms with Crippen molar-refractivity contribution in [3.63, 3.8) is 0 Å². The quantitative estimate of drug-likeness (QED) is 0.633. The SMILES string of the molecule is CC[C@@H](CC(=O)N1CCC(C)(C(=O)O)CC1)NC(=O)OCC1c2ccccc2-c2ccccc21. The van der Waals surface area contributed by atoms with Crippen LogP contribution in [0.5, 0.6) is 0 Å². The van der Waals surface area contributed by atoms with Gasteiger partial charge in [0.05, 0.1) is 5.41 Å². The highest BCUT2D eigenvalue weighted by atomic mass is 16.5. The van der Waals surface area contributed by atoms with Crippen molar-refractivity contribution in [1.82, 2.24) is 10.2 Å². The first-order valence-electron chi connectivity index (χ1n) is 11.9. The van der Waals surface area contributed by atoms with Gasteiger partial charge in [-0.3, -0.25) is 9.59 Å². The van der Waals surface area contributed by atoms with Crippen molar-refractivity contribution in [2.45, 2.75) is 51.5 Å². The monoisotopic (exact) mass is 464 g/mol. The topological polar surface area (TPSA) is 95.9 Å². The molecule has 4 rings (SSSR count). The van der Waals surface area contributed by atoms with Crippen molar-refractivity contribution in [3.05, 3.63) is 59.7 Å². The molecule has 1 atom stereocenters. The molecule has 2 aromatic rings. The number of rotatable bonds is 7. The highest BCUT2D eigenvalue weighted by molar-refractivity contribution is 5.80. The summed E-state index contributed by atoms with van der Waals surface area (Å²) in [6.07, 6.45) is 1.11. The summed E-state index contributed by atoms with van der Waals surface area (Å²) in [6.45, 7) is 4.71. The number of piperidine rings is 1. The number of fused-ring (bicyclic) bond motifs is 3. The second kappa shape index (κ2) is 9.87. The van der Waals surface area contributed by atoms with Crippen LogP contribution < -0.4 is 5.32 Å². The van der Waals surface area contributed by atoms with E-state index in [0.717, 1.165) is 11.1 Å². The Balaban J connectivity index is 1.31. The molecule has 180 valence electrons. The number of carbonyl (C=O) groups excluding carboxylic acids is 2. The van der Waals surface area contributed by atoms with Crippen LogP contribution >= 0.6 is 0 Å². The highest BCUT2D eigenvalue weighted by Crippen LogP contribution is 2.44. The Hall–Kier alpha value is -3.35. The Kier molecular flexibility index (Phi) is 6.91. The van der Waals surface area contributed by atoms with Gasteiger partial charge in [0.15, 0.2) is 0 Å². The molecule has 2 amide bonds. The number of aliphatic carboxylic acids is 1. The number of nitrogens with one attached hydrogen (secondary N) is 1. The third kappa shape index (κ3) is 4.79. The second-order valence-electron chi connectivity index (χ2n) is 9.53. The van der Waals surface area contributed by atoms with Gasteiger partial charge in [-0.1, -0.05) is 55.5 Å². The van der Waals surface area contributed by atoms with Crippen LogP contribution in [-0.2, 0) is 14.3 Å². The van der Waals surface area contributed by atoms with Gasteiger partial charge in [-0.05, 0) is 48.4 Å². The molecule has 7 heteroatoms. The van der Waals surface area contributed by atoms with Crippen molar-refractivity contribution in [2.24, 2.45) is 5.41 Å². The van der Waals surface area contributed by atoms with Gasteiger partial charge in [0.2, 0.25) is 5.91 Å². The minimum atomic E-state index is -0.817. The summed E-state index contributed by atoms with van der Waals surface area (Å²) in [4.78, 5) is 38.5. The molecule has 0 aromatic heterocycles. The van der Waals surface area contributed by atoms with Gasteiger partial charge in [-0.2, -0.15) is 0 Å². The number of hydrogen-bond acceptors (Lipinski definition) is 4. The van der Waals surface area contributed by atoms with Gasteiger partial charge < -0.3 is 20.1 Å². The Morgan fingerprint density at radius 1 is 1.06 bits per heavy atom. The van der Waals surface area contributed by atoms with Crippen LogP contribution in [0.25, 0.3) is 11.1 Å². The van der Waals surface area contributed by atoms with Crippen LogP contribution in [-0.4, -0.2) is 53.7 Å². The van der Waals surface area contributed by atoms with E-state index in [9.17, 15) is 19.5 Å². The number of alkyl carbamates (subject to hydrolysis) is 1. The van der Waals surface area contributed by atoms with Crippen molar-refractivity contribution >= 4 is 18.0 Å². The molecule has 0 radical (unpaired) electrons. The normalized spacial score (nSPS) is 17.4. The summed E-state index contributed by atoms with van der Waals surface area (Å²) in [7, 11) is 0. The van der Waals surface area contributed by atoms with Crippen LogP contribution in [0.2, 0.25) is 0 Å². The zero-order chi connectivity index (χ0) is 24.3. The van der Waals surface area contributed by atoms with Crippen LogP contribution in [0, 0.1) is 5.41 Å². The van der Waals surface area contributed by atoms with Crippen LogP contribution in [0.1, 0.15) is 56.6 Å². The van der Waals surface area contributed by atoms with Crippen molar-refractivity contribution in [1.29, 1.82) is 0 Å². The number of carboxylic acids is 1. The van der Waals surface area contributed by atoms with Gasteiger partial charge in [0, 0.05) is 31.5 Å². The molecule has 7 nitrogen and oxygen atoms in total. The number of carboxylic acid groups (broad SMARTS) is 1. The van der Waals surface area contributed by atoms with Crippen molar-refractivity contribution in [3.8, 4) is 11.1 Å². The largest absolute Gasteiger partial charge is 0.481 e. The number of amides is 2. The summed E-state index contributed by atoms with van der Waals surface area (Å²) >= 11 is 0. The minimum absolute atomic E-state index is 0.0169. The molecule has 2 aromatic carbocycles. The van der Waals surface area contributed by atoms with E-state index in [1.165, 1.54) is 11.1 Å². The molecule has 34 heavy (non-hydrogen) atoms. The molecule has 1 saturated heterocycles. The Morgan fingerprint density at radius 3 is 2.15 bits per heavy atom. The predicted octanol–water partition coefficient (Wildman–Crippen LogP) is 4.41. The number of likely N-dealkylation sites (tertiary alicyclic amines) is 1. The van der Waals surface area contributed by atoms with Gasteiger partial charge >= 0.3 is 12.1 Å². The van der Waals surface area contributed by atoms with E-state index in [4.69, 9.17) is 4.74 Å². The number of hydrogen-bond donors (Lipinski definition) is 2. The number of ether oxygens (including phenoxy) is 1. The fraction of sp³-hybridized carbons (Fsp3) is 0.444. The smallest absolute Gasteiger partial charge is 0.407 e. The van der Waals surface area contributed by atoms with Crippen LogP contribution in [0.15, 0.2) is 48.5 Å². The maximum Gasteiger partial charge on any atom is 0.407 e. The molecule has 2 aliphatic rings. The highest BCUT2D eigenvalue weighted by Gasteiger charge is 2.38. The third-order valence-electron chi connectivity index (χ3n) is 7.32.